The van der Waals surface area contributed by atoms with Gasteiger partial charge in [0.05, 0.1) is 23.4 Å². The fourth-order valence-electron chi connectivity index (χ4n) is 1.82. The molecule has 1 heterocycles. The Kier molecular flexibility index (Phi) is 4.18. The number of amides is 1. The average Bonchev–Trinajstić information content (AvgIpc) is 2.48. The largest absolute Gasteiger partial charge is 0.507 e. The highest BCUT2D eigenvalue weighted by atomic mass is 16.4. The van der Waals surface area contributed by atoms with E-state index < -0.39 is 11.9 Å². The zero-order chi connectivity index (χ0) is 15.4. The maximum absolute atomic E-state index is 12.0. The summed E-state index contributed by atoms with van der Waals surface area (Å²) in [6.07, 6.45) is 1.37. The SMILES string of the molecule is Cc1cccc(C(=O)NCc2cc(C(=O)O)ccn2)c1O. The van der Waals surface area contributed by atoms with Gasteiger partial charge in [-0.3, -0.25) is 9.78 Å². The smallest absolute Gasteiger partial charge is 0.335 e. The molecule has 1 aromatic heterocycles. The monoisotopic (exact) mass is 286 g/mol. The van der Waals surface area contributed by atoms with Crippen LogP contribution in [0, 0.1) is 6.92 Å². The normalized spacial score (nSPS) is 10.1. The third-order valence-electron chi connectivity index (χ3n) is 2.98. The van der Waals surface area contributed by atoms with Crippen molar-refractivity contribution in [2.75, 3.05) is 0 Å². The number of phenolic OH excluding ortho intramolecular Hbond substituents is 1. The van der Waals surface area contributed by atoms with Gasteiger partial charge in [-0.05, 0) is 30.7 Å². The number of carbonyl (C=O) groups excluding carboxylic acids is 1. The minimum atomic E-state index is -1.05. The molecule has 0 bridgehead atoms. The molecule has 0 radical (unpaired) electrons. The molecule has 0 aliphatic heterocycles. The van der Waals surface area contributed by atoms with Crippen LogP contribution in [0.4, 0.5) is 0 Å². The van der Waals surface area contributed by atoms with Crippen LogP contribution in [-0.2, 0) is 6.54 Å². The van der Waals surface area contributed by atoms with Gasteiger partial charge in [-0.1, -0.05) is 12.1 Å². The summed E-state index contributed by atoms with van der Waals surface area (Å²) in [5, 5.41) is 21.3. The fourth-order valence-corrected chi connectivity index (χ4v) is 1.82. The van der Waals surface area contributed by atoms with Gasteiger partial charge in [-0.15, -0.1) is 0 Å². The Morgan fingerprint density at radius 2 is 2.05 bits per heavy atom. The van der Waals surface area contributed by atoms with Crippen molar-refractivity contribution in [3.05, 3.63) is 58.9 Å². The minimum absolute atomic E-state index is 0.0674. The lowest BCUT2D eigenvalue weighted by Gasteiger charge is -2.08. The summed E-state index contributed by atoms with van der Waals surface area (Å²) in [4.78, 5) is 26.8. The van der Waals surface area contributed by atoms with Gasteiger partial charge in [0.15, 0.2) is 0 Å². The Balaban J connectivity index is 2.09. The van der Waals surface area contributed by atoms with Crippen molar-refractivity contribution in [3.8, 4) is 5.75 Å². The van der Waals surface area contributed by atoms with Crippen LogP contribution in [0.3, 0.4) is 0 Å². The van der Waals surface area contributed by atoms with E-state index in [0.29, 0.717) is 11.3 Å². The molecule has 6 nitrogen and oxygen atoms in total. The van der Waals surface area contributed by atoms with Crippen molar-refractivity contribution in [3.63, 3.8) is 0 Å². The number of para-hydroxylation sites is 1. The number of aromatic hydroxyl groups is 1. The predicted octanol–water partition coefficient (Wildman–Crippen LogP) is 1.72. The maximum atomic E-state index is 12.0. The Hall–Kier alpha value is -2.89. The number of nitrogens with zero attached hydrogens (tertiary/aromatic N) is 1. The van der Waals surface area contributed by atoms with E-state index in [9.17, 15) is 14.7 Å². The van der Waals surface area contributed by atoms with Gasteiger partial charge < -0.3 is 15.5 Å². The summed E-state index contributed by atoms with van der Waals surface area (Å²) in [7, 11) is 0. The molecular weight excluding hydrogens is 272 g/mol. The number of hydrogen-bond acceptors (Lipinski definition) is 4. The highest BCUT2D eigenvalue weighted by Crippen LogP contribution is 2.21. The molecule has 2 rings (SSSR count). The molecule has 0 atom stereocenters. The van der Waals surface area contributed by atoms with E-state index in [2.05, 4.69) is 10.3 Å². The first-order valence-corrected chi connectivity index (χ1v) is 6.24. The van der Waals surface area contributed by atoms with E-state index in [0.717, 1.165) is 0 Å². The van der Waals surface area contributed by atoms with Crippen LogP contribution in [0.1, 0.15) is 32.0 Å². The molecule has 3 N–H and O–H groups in total. The summed E-state index contributed by atoms with van der Waals surface area (Å²) in [5.41, 5.74) is 1.31. The van der Waals surface area contributed by atoms with Gasteiger partial charge in [0.1, 0.15) is 5.75 Å². The first-order chi connectivity index (χ1) is 9.99. The number of carbonyl (C=O) groups is 2. The van der Waals surface area contributed by atoms with Gasteiger partial charge in [0.25, 0.3) is 5.91 Å². The van der Waals surface area contributed by atoms with Crippen LogP contribution in [-0.4, -0.2) is 27.1 Å². The Bertz CT molecular complexity index is 698. The van der Waals surface area contributed by atoms with E-state index in [4.69, 9.17) is 5.11 Å². The number of hydrogen-bond donors (Lipinski definition) is 3. The fraction of sp³-hybridized carbons (Fsp3) is 0.133. The number of aromatic nitrogens is 1. The lowest BCUT2D eigenvalue weighted by atomic mass is 10.1. The van der Waals surface area contributed by atoms with E-state index in [1.807, 2.05) is 0 Å². The molecule has 0 saturated heterocycles. The van der Waals surface area contributed by atoms with Crippen molar-refractivity contribution in [2.24, 2.45) is 0 Å². The van der Waals surface area contributed by atoms with Gasteiger partial charge in [0, 0.05) is 6.20 Å². The number of phenols is 1. The number of rotatable bonds is 4. The Morgan fingerprint density at radius 3 is 2.76 bits per heavy atom. The maximum Gasteiger partial charge on any atom is 0.335 e. The van der Waals surface area contributed by atoms with Crippen molar-refractivity contribution < 1.29 is 19.8 Å². The second kappa shape index (κ2) is 6.04. The predicted molar refractivity (Wildman–Crippen MR) is 75.2 cm³/mol. The van der Waals surface area contributed by atoms with Crippen LogP contribution in [0.15, 0.2) is 36.5 Å². The minimum Gasteiger partial charge on any atom is -0.507 e. The molecule has 0 aliphatic rings. The number of nitrogens with one attached hydrogen (secondary N) is 1. The molecule has 0 aliphatic carbocycles. The van der Waals surface area contributed by atoms with Crippen molar-refractivity contribution in [1.29, 1.82) is 0 Å². The lowest BCUT2D eigenvalue weighted by Crippen LogP contribution is -2.23. The second-order valence-electron chi connectivity index (χ2n) is 4.49. The number of carboxylic acids is 1. The molecule has 6 heteroatoms. The molecule has 0 unspecified atom stereocenters. The first-order valence-electron chi connectivity index (χ1n) is 6.24. The summed E-state index contributed by atoms with van der Waals surface area (Å²) >= 11 is 0. The third-order valence-corrected chi connectivity index (χ3v) is 2.98. The number of pyridine rings is 1. The average molecular weight is 286 g/mol. The highest BCUT2D eigenvalue weighted by molar-refractivity contribution is 5.97. The molecule has 0 saturated carbocycles. The number of aromatic carboxylic acids is 1. The topological polar surface area (TPSA) is 99.5 Å². The van der Waals surface area contributed by atoms with Gasteiger partial charge in [-0.25, -0.2) is 4.79 Å². The van der Waals surface area contributed by atoms with E-state index in [-0.39, 0.29) is 23.4 Å². The van der Waals surface area contributed by atoms with Crippen LogP contribution >= 0.6 is 0 Å². The van der Waals surface area contributed by atoms with E-state index in [1.54, 1.807) is 19.1 Å². The summed E-state index contributed by atoms with van der Waals surface area (Å²) < 4.78 is 0. The zero-order valence-corrected chi connectivity index (χ0v) is 11.3. The molecule has 21 heavy (non-hydrogen) atoms. The molecular formula is C15H14N2O4. The van der Waals surface area contributed by atoms with Gasteiger partial charge in [0.2, 0.25) is 0 Å². The molecule has 108 valence electrons. The molecule has 0 fully saturated rings. The number of aryl methyl sites for hydroxylation is 1. The second-order valence-corrected chi connectivity index (χ2v) is 4.49. The molecule has 1 amide bonds. The molecule has 1 aromatic carbocycles. The quantitative estimate of drug-likeness (QED) is 0.794. The van der Waals surface area contributed by atoms with Gasteiger partial charge >= 0.3 is 5.97 Å². The van der Waals surface area contributed by atoms with Crippen LogP contribution in [0.25, 0.3) is 0 Å². The first kappa shape index (κ1) is 14.5. The van der Waals surface area contributed by atoms with E-state index in [1.165, 1.54) is 24.4 Å². The summed E-state index contributed by atoms with van der Waals surface area (Å²) in [6.45, 7) is 1.78. The number of benzene rings is 1. The van der Waals surface area contributed by atoms with Gasteiger partial charge in [-0.2, -0.15) is 0 Å². The third kappa shape index (κ3) is 3.36. The number of carboxylic acid groups (broad SMARTS) is 1. The van der Waals surface area contributed by atoms with Crippen molar-refractivity contribution in [2.45, 2.75) is 13.5 Å². The Labute approximate surface area is 121 Å². The molecule has 2 aromatic rings. The van der Waals surface area contributed by atoms with Crippen molar-refractivity contribution >= 4 is 11.9 Å². The summed E-state index contributed by atoms with van der Waals surface area (Å²) in [6, 6.07) is 7.65. The molecule has 0 spiro atoms. The van der Waals surface area contributed by atoms with E-state index >= 15 is 0 Å². The lowest BCUT2D eigenvalue weighted by molar-refractivity contribution is 0.0696. The Morgan fingerprint density at radius 1 is 1.29 bits per heavy atom. The zero-order valence-electron chi connectivity index (χ0n) is 11.3. The highest BCUT2D eigenvalue weighted by Gasteiger charge is 2.12. The van der Waals surface area contributed by atoms with Crippen molar-refractivity contribution in [1.82, 2.24) is 10.3 Å². The van der Waals surface area contributed by atoms with Crippen LogP contribution < -0.4 is 5.32 Å². The standard InChI is InChI=1S/C15H14N2O4/c1-9-3-2-4-12(13(9)18)14(19)17-8-11-7-10(15(20)21)5-6-16-11/h2-7,18H,8H2,1H3,(H,17,19)(H,20,21). The summed E-state index contributed by atoms with van der Waals surface area (Å²) in [5.74, 6) is -1.57. The van der Waals surface area contributed by atoms with Crippen LogP contribution in [0.2, 0.25) is 0 Å². The van der Waals surface area contributed by atoms with Crippen LogP contribution in [0.5, 0.6) is 5.75 Å².